The standard InChI is InChI=1S/C26H34N2O2/c1-5-26(29,22-12-8-6-10-18(22)2)19(17-28(3)4)16-24-25-21(14-15-30-24)20-11-7-9-13-23(20)27-25/h6-13,19,24,27,29H,5,14-17H2,1-4H3. The highest BCUT2D eigenvalue weighted by molar-refractivity contribution is 5.85. The van der Waals surface area contributed by atoms with E-state index in [0.717, 1.165) is 37.1 Å². The molecule has 0 spiro atoms. The van der Waals surface area contributed by atoms with E-state index in [9.17, 15) is 5.11 Å². The topological polar surface area (TPSA) is 48.5 Å². The third-order valence-corrected chi connectivity index (χ3v) is 6.75. The van der Waals surface area contributed by atoms with Crippen molar-refractivity contribution in [3.05, 3.63) is 70.9 Å². The summed E-state index contributed by atoms with van der Waals surface area (Å²) in [5.41, 5.74) is 5.01. The highest BCUT2D eigenvalue weighted by atomic mass is 16.5. The van der Waals surface area contributed by atoms with Crippen molar-refractivity contribution in [3.63, 3.8) is 0 Å². The van der Waals surface area contributed by atoms with Crippen LogP contribution >= 0.6 is 0 Å². The molecule has 1 aromatic heterocycles. The molecule has 2 heterocycles. The van der Waals surface area contributed by atoms with Gasteiger partial charge in [-0.1, -0.05) is 49.4 Å². The number of para-hydroxylation sites is 1. The molecule has 2 aromatic carbocycles. The molecule has 0 amide bonds. The molecule has 4 rings (SSSR count). The third kappa shape index (κ3) is 3.80. The molecule has 3 aromatic rings. The number of aliphatic hydroxyl groups is 1. The predicted octanol–water partition coefficient (Wildman–Crippen LogP) is 4.96. The Morgan fingerprint density at radius 3 is 2.63 bits per heavy atom. The van der Waals surface area contributed by atoms with Crippen molar-refractivity contribution in [1.82, 2.24) is 9.88 Å². The maximum Gasteiger partial charge on any atom is 0.0980 e. The van der Waals surface area contributed by atoms with Crippen molar-refractivity contribution in [2.24, 2.45) is 5.92 Å². The lowest BCUT2D eigenvalue weighted by Crippen LogP contribution is -2.42. The first kappa shape index (κ1) is 21.1. The first-order valence-electron chi connectivity index (χ1n) is 11.1. The van der Waals surface area contributed by atoms with E-state index >= 15 is 0 Å². The van der Waals surface area contributed by atoms with Gasteiger partial charge < -0.3 is 19.7 Å². The van der Waals surface area contributed by atoms with Crippen LogP contribution in [0.3, 0.4) is 0 Å². The van der Waals surface area contributed by atoms with Crippen molar-refractivity contribution >= 4 is 10.9 Å². The summed E-state index contributed by atoms with van der Waals surface area (Å²) in [6.45, 7) is 5.71. The number of H-pyrrole nitrogens is 1. The van der Waals surface area contributed by atoms with Gasteiger partial charge >= 0.3 is 0 Å². The number of rotatable bonds is 7. The Morgan fingerprint density at radius 1 is 1.17 bits per heavy atom. The Labute approximate surface area is 179 Å². The summed E-state index contributed by atoms with van der Waals surface area (Å²) in [6.07, 6.45) is 2.34. The van der Waals surface area contributed by atoms with Crippen LogP contribution in [-0.4, -0.2) is 42.2 Å². The predicted molar refractivity (Wildman–Crippen MR) is 123 cm³/mol. The number of aryl methyl sites for hydroxylation is 1. The lowest BCUT2D eigenvalue weighted by molar-refractivity contribution is -0.0691. The van der Waals surface area contributed by atoms with E-state index in [1.807, 2.05) is 12.1 Å². The van der Waals surface area contributed by atoms with E-state index in [-0.39, 0.29) is 12.0 Å². The number of nitrogens with zero attached hydrogens (tertiary/aromatic N) is 1. The molecule has 3 atom stereocenters. The molecule has 4 nitrogen and oxygen atoms in total. The van der Waals surface area contributed by atoms with Crippen LogP contribution < -0.4 is 0 Å². The largest absolute Gasteiger partial charge is 0.385 e. The van der Waals surface area contributed by atoms with Gasteiger partial charge in [-0.2, -0.15) is 0 Å². The van der Waals surface area contributed by atoms with Crippen LogP contribution in [-0.2, 0) is 16.8 Å². The highest BCUT2D eigenvalue weighted by Crippen LogP contribution is 2.43. The fourth-order valence-corrected chi connectivity index (χ4v) is 5.21. The first-order valence-corrected chi connectivity index (χ1v) is 11.1. The zero-order valence-electron chi connectivity index (χ0n) is 18.6. The van der Waals surface area contributed by atoms with Crippen LogP contribution in [0.1, 0.15) is 48.3 Å². The van der Waals surface area contributed by atoms with Crippen molar-refractivity contribution in [1.29, 1.82) is 0 Å². The van der Waals surface area contributed by atoms with Gasteiger partial charge in [0.25, 0.3) is 0 Å². The zero-order chi connectivity index (χ0) is 21.3. The lowest BCUT2D eigenvalue weighted by atomic mass is 9.74. The fraction of sp³-hybridized carbons (Fsp3) is 0.462. The van der Waals surface area contributed by atoms with Crippen LogP contribution in [0, 0.1) is 12.8 Å². The van der Waals surface area contributed by atoms with Gasteiger partial charge in [0.05, 0.1) is 18.3 Å². The number of hydrogen-bond donors (Lipinski definition) is 2. The van der Waals surface area contributed by atoms with E-state index in [1.54, 1.807) is 0 Å². The Bertz CT molecular complexity index is 1010. The quantitative estimate of drug-likeness (QED) is 0.583. The van der Waals surface area contributed by atoms with Crippen LogP contribution in [0.15, 0.2) is 48.5 Å². The van der Waals surface area contributed by atoms with E-state index in [4.69, 9.17) is 4.74 Å². The van der Waals surface area contributed by atoms with Gasteiger partial charge in [-0.15, -0.1) is 0 Å². The zero-order valence-corrected chi connectivity index (χ0v) is 18.6. The average molecular weight is 407 g/mol. The average Bonchev–Trinajstić information content (AvgIpc) is 3.12. The number of fused-ring (bicyclic) bond motifs is 3. The summed E-state index contributed by atoms with van der Waals surface area (Å²) in [4.78, 5) is 5.80. The van der Waals surface area contributed by atoms with Crippen molar-refractivity contribution in [2.45, 2.75) is 44.8 Å². The Balaban J connectivity index is 1.72. The number of aromatic amines is 1. The Morgan fingerprint density at radius 2 is 1.90 bits per heavy atom. The molecule has 30 heavy (non-hydrogen) atoms. The molecule has 2 N–H and O–H groups in total. The normalized spacial score (nSPS) is 19.6. The Hall–Kier alpha value is -2.14. The van der Waals surface area contributed by atoms with E-state index < -0.39 is 5.60 Å². The summed E-state index contributed by atoms with van der Waals surface area (Å²) < 4.78 is 6.29. The number of aromatic nitrogens is 1. The van der Waals surface area contributed by atoms with Crippen LogP contribution in [0.2, 0.25) is 0 Å². The van der Waals surface area contributed by atoms with Gasteiger partial charge in [0, 0.05) is 29.1 Å². The van der Waals surface area contributed by atoms with Crippen LogP contribution in [0.25, 0.3) is 10.9 Å². The number of nitrogens with one attached hydrogen (secondary N) is 1. The maximum atomic E-state index is 12.0. The molecular weight excluding hydrogens is 372 g/mol. The summed E-state index contributed by atoms with van der Waals surface area (Å²) in [5, 5.41) is 13.3. The highest BCUT2D eigenvalue weighted by Gasteiger charge is 2.40. The van der Waals surface area contributed by atoms with Crippen molar-refractivity contribution in [2.75, 3.05) is 27.2 Å². The molecule has 1 aliphatic heterocycles. The van der Waals surface area contributed by atoms with E-state index in [1.165, 1.54) is 22.2 Å². The number of hydrogen-bond acceptors (Lipinski definition) is 3. The smallest absolute Gasteiger partial charge is 0.0980 e. The molecule has 0 fully saturated rings. The number of ether oxygens (including phenoxy) is 1. The van der Waals surface area contributed by atoms with Gasteiger partial charge in [0.1, 0.15) is 0 Å². The molecule has 0 saturated heterocycles. The summed E-state index contributed by atoms with van der Waals surface area (Å²) >= 11 is 0. The van der Waals surface area contributed by atoms with Gasteiger partial charge in [0.15, 0.2) is 0 Å². The van der Waals surface area contributed by atoms with E-state index in [0.29, 0.717) is 6.42 Å². The van der Waals surface area contributed by atoms with Crippen molar-refractivity contribution < 1.29 is 9.84 Å². The minimum Gasteiger partial charge on any atom is -0.385 e. The molecule has 0 radical (unpaired) electrons. The lowest BCUT2D eigenvalue weighted by Gasteiger charge is -2.40. The van der Waals surface area contributed by atoms with Crippen LogP contribution in [0.5, 0.6) is 0 Å². The molecule has 1 aliphatic rings. The van der Waals surface area contributed by atoms with Gasteiger partial charge in [-0.3, -0.25) is 0 Å². The second kappa shape index (κ2) is 8.54. The molecule has 0 saturated carbocycles. The second-order valence-corrected chi connectivity index (χ2v) is 8.96. The van der Waals surface area contributed by atoms with E-state index in [2.05, 4.69) is 74.2 Å². The summed E-state index contributed by atoms with van der Waals surface area (Å²) in [6, 6.07) is 16.7. The van der Waals surface area contributed by atoms with Crippen molar-refractivity contribution in [3.8, 4) is 0 Å². The minimum atomic E-state index is -0.900. The minimum absolute atomic E-state index is 0.0341. The van der Waals surface area contributed by atoms with Gasteiger partial charge in [-0.05, 0) is 63.0 Å². The third-order valence-electron chi connectivity index (χ3n) is 6.75. The van der Waals surface area contributed by atoms with Crippen LogP contribution in [0.4, 0.5) is 0 Å². The monoisotopic (exact) mass is 406 g/mol. The molecule has 3 unspecified atom stereocenters. The number of benzene rings is 2. The Kier molecular flexibility index (Phi) is 6.01. The molecule has 4 heteroatoms. The van der Waals surface area contributed by atoms with Gasteiger partial charge in [0.2, 0.25) is 0 Å². The summed E-state index contributed by atoms with van der Waals surface area (Å²) in [5.74, 6) is 0.0426. The molecular formula is C26H34N2O2. The fourth-order valence-electron chi connectivity index (χ4n) is 5.21. The SMILES string of the molecule is CCC(O)(c1ccccc1C)C(CC1OCCc2c1[nH]c1ccccc21)CN(C)C. The summed E-state index contributed by atoms with van der Waals surface area (Å²) in [7, 11) is 4.16. The van der Waals surface area contributed by atoms with Gasteiger partial charge in [-0.25, -0.2) is 0 Å². The molecule has 0 bridgehead atoms. The molecule has 160 valence electrons. The molecule has 0 aliphatic carbocycles. The first-order chi connectivity index (χ1) is 14.4. The maximum absolute atomic E-state index is 12.0. The second-order valence-electron chi connectivity index (χ2n) is 8.96.